The van der Waals surface area contributed by atoms with Crippen LogP contribution in [-0.4, -0.2) is 15.7 Å². The maximum Gasteiger partial charge on any atom is 0.151 e. The number of aromatic nitrogens is 2. The fourth-order valence-corrected chi connectivity index (χ4v) is 1.30. The normalized spacial score (nSPS) is 10.4. The van der Waals surface area contributed by atoms with Crippen LogP contribution < -0.4 is 0 Å². The average Bonchev–Trinajstić information content (AvgIpc) is 2.52. The first kappa shape index (κ1) is 7.03. The van der Waals surface area contributed by atoms with Gasteiger partial charge in [-0.1, -0.05) is 0 Å². The molecule has 0 saturated heterocycles. The van der Waals surface area contributed by atoms with Gasteiger partial charge in [-0.15, -0.1) is 0 Å². The zero-order chi connectivity index (χ0) is 8.55. The lowest BCUT2D eigenvalue weighted by Crippen LogP contribution is -1.89. The Balaban J connectivity index is 2.83. The topological polar surface area (TPSA) is 34.4 Å². The van der Waals surface area contributed by atoms with Crippen LogP contribution in [0.4, 0.5) is 0 Å². The fraction of sp³-hybridized carbons (Fsp3) is 0.111. The molecule has 0 atom stereocenters. The van der Waals surface area contributed by atoms with E-state index in [9.17, 15) is 4.79 Å². The minimum Gasteiger partial charge on any atom is -0.305 e. The molecular formula is C9H8N2O. The van der Waals surface area contributed by atoms with E-state index in [1.165, 1.54) is 0 Å². The van der Waals surface area contributed by atoms with Gasteiger partial charge in [-0.25, -0.2) is 4.98 Å². The molecule has 2 rings (SSSR count). The standard InChI is InChI=1S/C9H8N2O/c1-7-2-8(5-12)4-11-6-10-3-9(7)11/h2-6H,1H3. The van der Waals surface area contributed by atoms with Crippen LogP contribution in [0.15, 0.2) is 24.8 Å². The first-order valence-electron chi connectivity index (χ1n) is 3.69. The van der Waals surface area contributed by atoms with Gasteiger partial charge in [0.1, 0.15) is 0 Å². The van der Waals surface area contributed by atoms with Crippen LogP contribution in [-0.2, 0) is 0 Å². The molecule has 0 fully saturated rings. The number of aryl methyl sites for hydroxylation is 1. The second-order valence-electron chi connectivity index (χ2n) is 2.76. The van der Waals surface area contributed by atoms with Crippen molar-refractivity contribution in [1.82, 2.24) is 9.38 Å². The van der Waals surface area contributed by atoms with Gasteiger partial charge in [0.05, 0.1) is 18.0 Å². The van der Waals surface area contributed by atoms with Crippen LogP contribution >= 0.6 is 0 Å². The fourth-order valence-electron chi connectivity index (χ4n) is 1.30. The van der Waals surface area contributed by atoms with E-state index in [1.807, 2.05) is 17.4 Å². The molecule has 60 valence electrons. The second kappa shape index (κ2) is 2.44. The molecule has 0 aliphatic heterocycles. The van der Waals surface area contributed by atoms with Crippen LogP contribution in [0, 0.1) is 6.92 Å². The first-order chi connectivity index (χ1) is 5.81. The molecule has 0 aromatic carbocycles. The number of nitrogens with zero attached hydrogens (tertiary/aromatic N) is 2. The predicted octanol–water partition coefficient (Wildman–Crippen LogP) is 1.46. The number of rotatable bonds is 1. The number of aldehydes is 1. The number of pyridine rings is 1. The Bertz CT molecular complexity index is 431. The van der Waals surface area contributed by atoms with E-state index in [0.29, 0.717) is 5.56 Å². The Hall–Kier alpha value is -1.64. The van der Waals surface area contributed by atoms with Gasteiger partial charge < -0.3 is 4.40 Å². The van der Waals surface area contributed by atoms with Crippen LogP contribution in [0.5, 0.6) is 0 Å². The summed E-state index contributed by atoms with van der Waals surface area (Å²) in [5.74, 6) is 0. The number of hydrogen-bond acceptors (Lipinski definition) is 2. The summed E-state index contributed by atoms with van der Waals surface area (Å²) in [6, 6.07) is 1.85. The molecule has 2 aromatic heterocycles. The van der Waals surface area contributed by atoms with Crippen molar-refractivity contribution in [1.29, 1.82) is 0 Å². The van der Waals surface area contributed by atoms with Gasteiger partial charge in [-0.3, -0.25) is 4.79 Å². The summed E-state index contributed by atoms with van der Waals surface area (Å²) >= 11 is 0. The third kappa shape index (κ3) is 0.906. The number of hydrogen-bond donors (Lipinski definition) is 0. The molecule has 0 saturated carbocycles. The molecule has 0 amide bonds. The lowest BCUT2D eigenvalue weighted by Gasteiger charge is -1.98. The highest BCUT2D eigenvalue weighted by Crippen LogP contribution is 2.10. The summed E-state index contributed by atoms with van der Waals surface area (Å²) in [4.78, 5) is 14.5. The molecule has 2 aromatic rings. The van der Waals surface area contributed by atoms with E-state index in [1.54, 1.807) is 18.7 Å². The van der Waals surface area contributed by atoms with Crippen molar-refractivity contribution >= 4 is 11.8 Å². The number of fused-ring (bicyclic) bond motifs is 1. The zero-order valence-electron chi connectivity index (χ0n) is 6.69. The van der Waals surface area contributed by atoms with Gasteiger partial charge >= 0.3 is 0 Å². The molecule has 12 heavy (non-hydrogen) atoms. The number of carbonyl (C=O) groups excluding carboxylic acids is 1. The lowest BCUT2D eigenvalue weighted by atomic mass is 10.2. The summed E-state index contributed by atoms with van der Waals surface area (Å²) in [6.07, 6.45) is 6.08. The maximum atomic E-state index is 10.5. The third-order valence-electron chi connectivity index (χ3n) is 1.88. The minimum absolute atomic E-state index is 0.679. The van der Waals surface area contributed by atoms with Crippen LogP contribution in [0.25, 0.3) is 5.52 Å². The highest BCUT2D eigenvalue weighted by molar-refractivity contribution is 5.76. The zero-order valence-corrected chi connectivity index (χ0v) is 6.69. The summed E-state index contributed by atoms with van der Waals surface area (Å²) in [5, 5.41) is 0. The summed E-state index contributed by atoms with van der Waals surface area (Å²) in [6.45, 7) is 1.96. The smallest absolute Gasteiger partial charge is 0.151 e. The van der Waals surface area contributed by atoms with Crippen molar-refractivity contribution < 1.29 is 4.79 Å². The molecule has 0 bridgehead atoms. The second-order valence-corrected chi connectivity index (χ2v) is 2.76. The van der Waals surface area contributed by atoms with Crippen molar-refractivity contribution in [3.05, 3.63) is 35.9 Å². The molecule has 3 nitrogen and oxygen atoms in total. The first-order valence-corrected chi connectivity index (χ1v) is 3.69. The van der Waals surface area contributed by atoms with Crippen LogP contribution in [0.3, 0.4) is 0 Å². The van der Waals surface area contributed by atoms with Crippen molar-refractivity contribution in [2.45, 2.75) is 6.92 Å². The van der Waals surface area contributed by atoms with Crippen LogP contribution in [0.2, 0.25) is 0 Å². The van der Waals surface area contributed by atoms with Crippen LogP contribution in [0.1, 0.15) is 15.9 Å². The highest BCUT2D eigenvalue weighted by Gasteiger charge is 1.99. The molecule has 0 unspecified atom stereocenters. The lowest BCUT2D eigenvalue weighted by molar-refractivity contribution is 0.112. The SMILES string of the molecule is Cc1cc(C=O)cn2cncc12. The summed E-state index contributed by atoms with van der Waals surface area (Å²) < 4.78 is 1.85. The van der Waals surface area contributed by atoms with Crippen molar-refractivity contribution in [3.8, 4) is 0 Å². The molecule has 0 aliphatic rings. The molecule has 2 heterocycles. The van der Waals surface area contributed by atoms with Gasteiger partial charge in [0.2, 0.25) is 0 Å². The summed E-state index contributed by atoms with van der Waals surface area (Å²) in [5.41, 5.74) is 2.79. The van der Waals surface area contributed by atoms with E-state index in [0.717, 1.165) is 17.4 Å². The predicted molar refractivity (Wildman–Crippen MR) is 45.3 cm³/mol. The van der Waals surface area contributed by atoms with E-state index in [2.05, 4.69) is 4.98 Å². The van der Waals surface area contributed by atoms with E-state index in [4.69, 9.17) is 0 Å². The average molecular weight is 160 g/mol. The molecule has 3 heteroatoms. The van der Waals surface area contributed by atoms with Gasteiger partial charge in [0.15, 0.2) is 6.29 Å². The van der Waals surface area contributed by atoms with Crippen molar-refractivity contribution in [2.24, 2.45) is 0 Å². The maximum absolute atomic E-state index is 10.5. The Morgan fingerprint density at radius 1 is 1.58 bits per heavy atom. The largest absolute Gasteiger partial charge is 0.305 e. The van der Waals surface area contributed by atoms with Gasteiger partial charge in [-0.2, -0.15) is 0 Å². The Morgan fingerprint density at radius 2 is 2.42 bits per heavy atom. The van der Waals surface area contributed by atoms with E-state index in [-0.39, 0.29) is 0 Å². The molecular weight excluding hydrogens is 152 g/mol. The molecule has 0 spiro atoms. The Morgan fingerprint density at radius 3 is 3.17 bits per heavy atom. The Labute approximate surface area is 69.7 Å². The molecule has 0 aliphatic carbocycles. The quantitative estimate of drug-likeness (QED) is 0.592. The third-order valence-corrected chi connectivity index (χ3v) is 1.88. The number of imidazole rings is 1. The van der Waals surface area contributed by atoms with Crippen molar-refractivity contribution in [2.75, 3.05) is 0 Å². The van der Waals surface area contributed by atoms with Gasteiger partial charge in [-0.05, 0) is 18.6 Å². The van der Waals surface area contributed by atoms with Crippen molar-refractivity contribution in [3.63, 3.8) is 0 Å². The molecule has 0 N–H and O–H groups in total. The highest BCUT2D eigenvalue weighted by atomic mass is 16.1. The van der Waals surface area contributed by atoms with Gasteiger partial charge in [0, 0.05) is 11.8 Å². The Kier molecular flexibility index (Phi) is 1.43. The molecule has 0 radical (unpaired) electrons. The monoisotopic (exact) mass is 160 g/mol. The van der Waals surface area contributed by atoms with Gasteiger partial charge in [0.25, 0.3) is 0 Å². The number of carbonyl (C=O) groups is 1. The van der Waals surface area contributed by atoms with E-state index >= 15 is 0 Å². The minimum atomic E-state index is 0.679. The van der Waals surface area contributed by atoms with E-state index < -0.39 is 0 Å². The summed E-state index contributed by atoms with van der Waals surface area (Å²) in [7, 11) is 0.